The second-order valence-corrected chi connectivity index (χ2v) is 6.61. The van der Waals surface area contributed by atoms with Crippen LogP contribution in [0.1, 0.15) is 33.6 Å². The molecule has 0 saturated heterocycles. The van der Waals surface area contributed by atoms with Gasteiger partial charge in [0.2, 0.25) is 5.75 Å². The largest absolute Gasteiger partial charge is 0.502 e. The number of hydrogen-bond donors (Lipinski definition) is 1. The van der Waals surface area contributed by atoms with Crippen molar-refractivity contribution in [1.29, 1.82) is 0 Å². The van der Waals surface area contributed by atoms with E-state index >= 15 is 0 Å². The molecule has 2 aromatic rings. The minimum atomic E-state index is -0.740. The zero-order chi connectivity index (χ0) is 23.8. The number of ether oxygens (including phenoxy) is 3. The first-order chi connectivity index (χ1) is 15.2. The Morgan fingerprint density at radius 2 is 1.62 bits per heavy atom. The number of nitro benzene ring substituents is 2. The first-order valence-corrected chi connectivity index (χ1v) is 9.23. The van der Waals surface area contributed by atoms with Gasteiger partial charge in [-0.3, -0.25) is 20.2 Å². The summed E-state index contributed by atoms with van der Waals surface area (Å²) in [6.45, 7) is 0.398. The number of benzene rings is 2. The highest BCUT2D eigenvalue weighted by atomic mass is 16.6. The van der Waals surface area contributed by atoms with Crippen LogP contribution in [0.3, 0.4) is 0 Å². The summed E-state index contributed by atoms with van der Waals surface area (Å²) in [5, 5.41) is 30.4. The Hall–Kier alpha value is -4.22. The number of nitro groups is 2. The molecule has 12 nitrogen and oxygen atoms in total. The Morgan fingerprint density at radius 3 is 2.12 bits per heavy atom. The van der Waals surface area contributed by atoms with Crippen LogP contribution >= 0.6 is 0 Å². The Bertz CT molecular complexity index is 1030. The second kappa shape index (κ2) is 10.7. The van der Waals surface area contributed by atoms with Gasteiger partial charge in [0.15, 0.2) is 5.75 Å². The molecule has 0 aliphatic heterocycles. The van der Waals surface area contributed by atoms with Gasteiger partial charge in [0.05, 0.1) is 36.2 Å². The standard InChI is InChI=1S/C12H13NO5.C8H7NO5/c1-17-12(14)9-3-2-4-10(13(15)16)11(9)18-7-8-5-6-8;1-14-8(11)5-2-3-6(9(12)13)7(10)4-5/h2-4,8H,5-7H2,1H3;2-4,10H,1H3. The van der Waals surface area contributed by atoms with Crippen LogP contribution in [0.25, 0.3) is 0 Å². The van der Waals surface area contributed by atoms with Gasteiger partial charge >= 0.3 is 23.3 Å². The van der Waals surface area contributed by atoms with E-state index < -0.39 is 33.2 Å². The Labute approximate surface area is 181 Å². The number of phenols is 1. The number of nitrogens with zero attached hydrogens (tertiary/aromatic N) is 2. The SMILES string of the molecule is COC(=O)c1ccc([N+](=O)[O-])c(O)c1.COC(=O)c1cccc([N+](=O)[O-])c1OCC1CC1. The highest BCUT2D eigenvalue weighted by molar-refractivity contribution is 5.94. The van der Waals surface area contributed by atoms with Gasteiger partial charge in [-0.15, -0.1) is 0 Å². The van der Waals surface area contributed by atoms with Crippen LogP contribution in [-0.2, 0) is 9.47 Å². The highest BCUT2D eigenvalue weighted by Crippen LogP contribution is 2.35. The van der Waals surface area contributed by atoms with Crippen LogP contribution in [0.2, 0.25) is 0 Å². The van der Waals surface area contributed by atoms with Crippen molar-refractivity contribution in [2.45, 2.75) is 12.8 Å². The molecule has 0 spiro atoms. The highest BCUT2D eigenvalue weighted by Gasteiger charge is 2.27. The topological polar surface area (TPSA) is 168 Å². The van der Waals surface area contributed by atoms with Gasteiger partial charge in [-0.1, -0.05) is 6.07 Å². The molecular weight excluding hydrogens is 428 g/mol. The van der Waals surface area contributed by atoms with Gasteiger partial charge in [-0.25, -0.2) is 9.59 Å². The number of esters is 2. The van der Waals surface area contributed by atoms with Crippen LogP contribution in [0.5, 0.6) is 11.5 Å². The maximum atomic E-state index is 11.5. The van der Waals surface area contributed by atoms with Crippen molar-refractivity contribution in [3.63, 3.8) is 0 Å². The lowest BCUT2D eigenvalue weighted by molar-refractivity contribution is -0.386. The molecule has 3 rings (SSSR count). The summed E-state index contributed by atoms with van der Waals surface area (Å²) in [6.07, 6.45) is 2.13. The number of methoxy groups -OCH3 is 2. The number of carbonyl (C=O) groups excluding carboxylic acids is 2. The summed E-state index contributed by atoms with van der Waals surface area (Å²) in [5.41, 5.74) is -0.501. The smallest absolute Gasteiger partial charge is 0.341 e. The fourth-order valence-corrected chi connectivity index (χ4v) is 2.50. The monoisotopic (exact) mass is 448 g/mol. The molecule has 1 fully saturated rings. The molecule has 170 valence electrons. The van der Waals surface area contributed by atoms with E-state index in [1.54, 1.807) is 0 Å². The van der Waals surface area contributed by atoms with Crippen LogP contribution < -0.4 is 4.74 Å². The van der Waals surface area contributed by atoms with Crippen LogP contribution in [0, 0.1) is 26.1 Å². The Kier molecular flexibility index (Phi) is 8.04. The second-order valence-electron chi connectivity index (χ2n) is 6.61. The molecule has 0 radical (unpaired) electrons. The molecule has 0 aromatic heterocycles. The lowest BCUT2D eigenvalue weighted by Crippen LogP contribution is -2.09. The Balaban J connectivity index is 0.000000235. The molecule has 0 atom stereocenters. The fraction of sp³-hybridized carbons (Fsp3) is 0.300. The molecule has 0 heterocycles. The van der Waals surface area contributed by atoms with E-state index in [1.165, 1.54) is 38.5 Å². The van der Waals surface area contributed by atoms with Gasteiger partial charge in [-0.2, -0.15) is 0 Å². The average molecular weight is 448 g/mol. The molecule has 1 aliphatic rings. The Morgan fingerprint density at radius 1 is 1.00 bits per heavy atom. The van der Waals surface area contributed by atoms with E-state index in [0.29, 0.717) is 12.5 Å². The van der Waals surface area contributed by atoms with Crippen LogP contribution in [0.4, 0.5) is 11.4 Å². The van der Waals surface area contributed by atoms with E-state index in [0.717, 1.165) is 25.0 Å². The zero-order valence-electron chi connectivity index (χ0n) is 17.2. The maximum Gasteiger partial charge on any atom is 0.341 e. The fourth-order valence-electron chi connectivity index (χ4n) is 2.50. The van der Waals surface area contributed by atoms with Crippen molar-refractivity contribution < 1.29 is 38.8 Å². The van der Waals surface area contributed by atoms with Crippen molar-refractivity contribution in [3.05, 3.63) is 67.8 Å². The first kappa shape index (κ1) is 24.1. The number of phenolic OH excluding ortho intramolecular Hbond substituents is 1. The van der Waals surface area contributed by atoms with Crippen molar-refractivity contribution >= 4 is 23.3 Å². The summed E-state index contributed by atoms with van der Waals surface area (Å²) in [5.74, 6) is -1.41. The summed E-state index contributed by atoms with van der Waals surface area (Å²) in [6, 6.07) is 7.46. The third kappa shape index (κ3) is 6.14. The van der Waals surface area contributed by atoms with Gasteiger partial charge in [0.1, 0.15) is 5.56 Å². The van der Waals surface area contributed by atoms with Gasteiger partial charge in [0, 0.05) is 18.2 Å². The first-order valence-electron chi connectivity index (χ1n) is 9.23. The van der Waals surface area contributed by atoms with Gasteiger partial charge in [-0.05, 0) is 30.9 Å². The minimum Gasteiger partial charge on any atom is -0.502 e. The molecule has 1 N–H and O–H groups in total. The minimum absolute atomic E-state index is 0.00116. The molecule has 1 aliphatic carbocycles. The van der Waals surface area contributed by atoms with E-state index in [4.69, 9.17) is 9.84 Å². The predicted octanol–water partition coefficient (Wildman–Crippen LogP) is 3.26. The third-order valence-corrected chi connectivity index (χ3v) is 4.35. The quantitative estimate of drug-likeness (QED) is 0.377. The maximum absolute atomic E-state index is 11.5. The third-order valence-electron chi connectivity index (χ3n) is 4.35. The van der Waals surface area contributed by atoms with Crippen molar-refractivity contribution in [3.8, 4) is 11.5 Å². The van der Waals surface area contributed by atoms with E-state index in [2.05, 4.69) is 9.47 Å². The van der Waals surface area contributed by atoms with Crippen LogP contribution in [0.15, 0.2) is 36.4 Å². The number of carbonyl (C=O) groups is 2. The van der Waals surface area contributed by atoms with Gasteiger partial charge in [0.25, 0.3) is 0 Å². The molecule has 1 saturated carbocycles. The number of para-hydroxylation sites is 1. The zero-order valence-corrected chi connectivity index (χ0v) is 17.2. The summed E-state index contributed by atoms with van der Waals surface area (Å²) in [7, 11) is 2.41. The number of hydrogen-bond acceptors (Lipinski definition) is 10. The summed E-state index contributed by atoms with van der Waals surface area (Å²) < 4.78 is 14.4. The summed E-state index contributed by atoms with van der Waals surface area (Å²) in [4.78, 5) is 42.4. The molecule has 0 unspecified atom stereocenters. The van der Waals surface area contributed by atoms with Crippen LogP contribution in [-0.4, -0.2) is 47.7 Å². The molecular formula is C20H20N2O10. The lowest BCUT2D eigenvalue weighted by atomic mass is 10.1. The van der Waals surface area contributed by atoms with E-state index in [9.17, 15) is 29.8 Å². The predicted molar refractivity (Wildman–Crippen MR) is 109 cm³/mol. The summed E-state index contributed by atoms with van der Waals surface area (Å²) >= 11 is 0. The molecule has 12 heteroatoms. The molecule has 32 heavy (non-hydrogen) atoms. The van der Waals surface area contributed by atoms with Crippen molar-refractivity contribution in [2.24, 2.45) is 5.92 Å². The molecule has 0 bridgehead atoms. The van der Waals surface area contributed by atoms with Crippen molar-refractivity contribution in [1.82, 2.24) is 0 Å². The number of aromatic hydroxyl groups is 1. The van der Waals surface area contributed by atoms with Gasteiger partial charge < -0.3 is 19.3 Å². The van der Waals surface area contributed by atoms with E-state index in [-0.39, 0.29) is 22.6 Å². The average Bonchev–Trinajstić information content (AvgIpc) is 3.60. The normalized spacial score (nSPS) is 12.1. The van der Waals surface area contributed by atoms with E-state index in [1.807, 2.05) is 0 Å². The molecule has 0 amide bonds. The lowest BCUT2D eigenvalue weighted by Gasteiger charge is -2.09. The molecule has 2 aromatic carbocycles. The van der Waals surface area contributed by atoms with Crippen molar-refractivity contribution in [2.75, 3.05) is 20.8 Å². The number of rotatable bonds is 7.